The summed E-state index contributed by atoms with van der Waals surface area (Å²) in [5.41, 5.74) is 0.224. The SMILES string of the molecule is Cl.Fc1ccc([C@@H]2CCCN2)c(F)c1F. The first kappa shape index (κ1) is 12.3. The van der Waals surface area contributed by atoms with Crippen molar-refractivity contribution < 1.29 is 13.2 Å². The van der Waals surface area contributed by atoms with E-state index in [1.807, 2.05) is 0 Å². The third-order valence-electron chi connectivity index (χ3n) is 2.50. The highest BCUT2D eigenvalue weighted by Crippen LogP contribution is 2.27. The van der Waals surface area contributed by atoms with Crippen molar-refractivity contribution in [3.63, 3.8) is 0 Å². The molecule has 0 aliphatic carbocycles. The fraction of sp³-hybridized carbons (Fsp3) is 0.400. The zero-order valence-corrected chi connectivity index (χ0v) is 8.71. The summed E-state index contributed by atoms with van der Waals surface area (Å²) >= 11 is 0. The molecule has 1 heterocycles. The van der Waals surface area contributed by atoms with Crippen LogP contribution in [0.25, 0.3) is 0 Å². The maximum absolute atomic E-state index is 13.3. The van der Waals surface area contributed by atoms with Gasteiger partial charge < -0.3 is 5.32 Å². The van der Waals surface area contributed by atoms with E-state index >= 15 is 0 Å². The molecule has 0 spiro atoms. The molecule has 1 aromatic rings. The molecule has 0 amide bonds. The van der Waals surface area contributed by atoms with Crippen LogP contribution >= 0.6 is 12.4 Å². The lowest BCUT2D eigenvalue weighted by Gasteiger charge is -2.11. The molecular formula is C10H11ClF3N. The second-order valence-electron chi connectivity index (χ2n) is 3.41. The summed E-state index contributed by atoms with van der Waals surface area (Å²) in [7, 11) is 0. The van der Waals surface area contributed by atoms with Gasteiger partial charge in [-0.25, -0.2) is 13.2 Å². The number of hydrogen-bond acceptors (Lipinski definition) is 1. The smallest absolute Gasteiger partial charge is 0.194 e. The summed E-state index contributed by atoms with van der Waals surface area (Å²) < 4.78 is 38.7. The number of benzene rings is 1. The molecule has 1 atom stereocenters. The number of nitrogens with one attached hydrogen (secondary N) is 1. The Morgan fingerprint density at radius 1 is 1.13 bits per heavy atom. The van der Waals surface area contributed by atoms with E-state index in [1.54, 1.807) is 0 Å². The Labute approximate surface area is 92.1 Å². The number of halogens is 4. The molecule has 0 saturated carbocycles. The van der Waals surface area contributed by atoms with Crippen LogP contribution in [0.1, 0.15) is 24.4 Å². The Bertz CT molecular complexity index is 351. The molecule has 1 aliphatic rings. The van der Waals surface area contributed by atoms with Crippen LogP contribution < -0.4 is 5.32 Å². The first-order chi connectivity index (χ1) is 6.70. The molecule has 15 heavy (non-hydrogen) atoms. The Kier molecular flexibility index (Phi) is 3.99. The van der Waals surface area contributed by atoms with Crippen molar-refractivity contribution >= 4 is 12.4 Å². The monoisotopic (exact) mass is 237 g/mol. The Balaban J connectivity index is 0.00000112. The van der Waals surface area contributed by atoms with E-state index in [1.165, 1.54) is 6.07 Å². The van der Waals surface area contributed by atoms with Gasteiger partial charge in [0.15, 0.2) is 17.5 Å². The van der Waals surface area contributed by atoms with Crippen LogP contribution in [0.2, 0.25) is 0 Å². The van der Waals surface area contributed by atoms with Gasteiger partial charge in [-0.1, -0.05) is 6.07 Å². The van der Waals surface area contributed by atoms with Crippen LogP contribution in [0.15, 0.2) is 12.1 Å². The van der Waals surface area contributed by atoms with Crippen LogP contribution in [-0.4, -0.2) is 6.54 Å². The summed E-state index contributed by atoms with van der Waals surface area (Å²) in [6.45, 7) is 0.795. The number of hydrogen-bond donors (Lipinski definition) is 1. The van der Waals surface area contributed by atoms with Crippen molar-refractivity contribution in [2.75, 3.05) is 6.54 Å². The molecule has 0 aromatic heterocycles. The van der Waals surface area contributed by atoms with Crippen LogP contribution in [0, 0.1) is 17.5 Å². The van der Waals surface area contributed by atoms with E-state index in [0.717, 1.165) is 25.5 Å². The maximum atomic E-state index is 13.3. The topological polar surface area (TPSA) is 12.0 Å². The van der Waals surface area contributed by atoms with Gasteiger partial charge in [0, 0.05) is 11.6 Å². The zero-order valence-electron chi connectivity index (χ0n) is 7.90. The van der Waals surface area contributed by atoms with Gasteiger partial charge >= 0.3 is 0 Å². The lowest BCUT2D eigenvalue weighted by atomic mass is 10.0. The molecule has 1 aliphatic heterocycles. The average molecular weight is 238 g/mol. The van der Waals surface area contributed by atoms with E-state index in [-0.39, 0.29) is 24.0 Å². The highest BCUT2D eigenvalue weighted by Gasteiger charge is 2.22. The van der Waals surface area contributed by atoms with Gasteiger partial charge in [0.2, 0.25) is 0 Å². The van der Waals surface area contributed by atoms with Crippen LogP contribution in [0.3, 0.4) is 0 Å². The van der Waals surface area contributed by atoms with E-state index in [4.69, 9.17) is 0 Å². The Hall–Kier alpha value is -0.740. The van der Waals surface area contributed by atoms with E-state index < -0.39 is 17.5 Å². The minimum atomic E-state index is -1.38. The molecule has 1 saturated heterocycles. The van der Waals surface area contributed by atoms with Crippen molar-refractivity contribution in [2.45, 2.75) is 18.9 Å². The third kappa shape index (κ3) is 2.26. The first-order valence-electron chi connectivity index (χ1n) is 4.57. The van der Waals surface area contributed by atoms with Gasteiger partial charge in [0.1, 0.15) is 0 Å². The fourth-order valence-electron chi connectivity index (χ4n) is 1.76. The zero-order chi connectivity index (χ0) is 10.1. The van der Waals surface area contributed by atoms with Crippen molar-refractivity contribution in [1.82, 2.24) is 5.32 Å². The van der Waals surface area contributed by atoms with Gasteiger partial charge in [0.05, 0.1) is 0 Å². The summed E-state index contributed by atoms with van der Waals surface area (Å²) in [4.78, 5) is 0. The molecule has 2 rings (SSSR count). The average Bonchev–Trinajstić information content (AvgIpc) is 2.67. The molecular weight excluding hydrogens is 227 g/mol. The molecule has 1 N–H and O–H groups in total. The molecule has 1 nitrogen and oxygen atoms in total. The predicted molar refractivity (Wildman–Crippen MR) is 53.5 cm³/mol. The summed E-state index contributed by atoms with van der Waals surface area (Å²) in [5.74, 6) is -3.58. The van der Waals surface area contributed by atoms with Gasteiger partial charge in [-0.3, -0.25) is 0 Å². The number of rotatable bonds is 1. The van der Waals surface area contributed by atoms with Crippen molar-refractivity contribution in [2.24, 2.45) is 0 Å². The van der Waals surface area contributed by atoms with E-state index in [2.05, 4.69) is 5.32 Å². The van der Waals surface area contributed by atoms with Crippen molar-refractivity contribution in [3.05, 3.63) is 35.1 Å². The second kappa shape index (κ2) is 4.86. The minimum Gasteiger partial charge on any atom is -0.310 e. The molecule has 0 unspecified atom stereocenters. The summed E-state index contributed by atoms with van der Waals surface area (Å²) in [6, 6.07) is 2.09. The Morgan fingerprint density at radius 2 is 1.87 bits per heavy atom. The van der Waals surface area contributed by atoms with E-state index in [9.17, 15) is 13.2 Å². The van der Waals surface area contributed by atoms with Crippen molar-refractivity contribution in [3.8, 4) is 0 Å². The molecule has 1 aromatic carbocycles. The summed E-state index contributed by atoms with van der Waals surface area (Å²) in [6.07, 6.45) is 1.70. The van der Waals surface area contributed by atoms with Gasteiger partial charge in [0.25, 0.3) is 0 Å². The highest BCUT2D eigenvalue weighted by molar-refractivity contribution is 5.85. The minimum absolute atomic E-state index is 0. The second-order valence-corrected chi connectivity index (χ2v) is 3.41. The quantitative estimate of drug-likeness (QED) is 0.741. The molecule has 0 bridgehead atoms. The van der Waals surface area contributed by atoms with Gasteiger partial charge in [-0.05, 0) is 25.5 Å². The van der Waals surface area contributed by atoms with Crippen LogP contribution in [0.4, 0.5) is 13.2 Å². The third-order valence-corrected chi connectivity index (χ3v) is 2.50. The van der Waals surface area contributed by atoms with Gasteiger partial charge in [-0.15, -0.1) is 12.4 Å². The lowest BCUT2D eigenvalue weighted by Crippen LogP contribution is -2.15. The highest BCUT2D eigenvalue weighted by atomic mass is 35.5. The maximum Gasteiger partial charge on any atom is 0.194 e. The van der Waals surface area contributed by atoms with Crippen LogP contribution in [-0.2, 0) is 0 Å². The molecule has 84 valence electrons. The molecule has 0 radical (unpaired) electrons. The fourth-order valence-corrected chi connectivity index (χ4v) is 1.76. The predicted octanol–water partition coefficient (Wildman–Crippen LogP) is 2.95. The van der Waals surface area contributed by atoms with Crippen LogP contribution in [0.5, 0.6) is 0 Å². The standard InChI is InChI=1S/C10H10F3N.ClH/c11-7-4-3-6(9(12)10(7)13)8-2-1-5-14-8;/h3-4,8,14H,1-2,5H2;1H/t8-;/m0./s1. The lowest BCUT2D eigenvalue weighted by molar-refractivity contribution is 0.432. The molecule has 5 heteroatoms. The first-order valence-corrected chi connectivity index (χ1v) is 4.57. The summed E-state index contributed by atoms with van der Waals surface area (Å²) in [5, 5.41) is 3.03. The molecule has 1 fully saturated rings. The normalized spacial score (nSPS) is 20.1. The van der Waals surface area contributed by atoms with Crippen molar-refractivity contribution in [1.29, 1.82) is 0 Å². The van der Waals surface area contributed by atoms with E-state index in [0.29, 0.717) is 0 Å². The Morgan fingerprint density at radius 3 is 2.47 bits per heavy atom. The van der Waals surface area contributed by atoms with Gasteiger partial charge in [-0.2, -0.15) is 0 Å². The largest absolute Gasteiger partial charge is 0.310 e.